The van der Waals surface area contributed by atoms with Gasteiger partial charge in [0.1, 0.15) is 5.82 Å². The Morgan fingerprint density at radius 3 is 2.38 bits per heavy atom. The van der Waals surface area contributed by atoms with Crippen LogP contribution in [-0.4, -0.2) is 33.2 Å². The van der Waals surface area contributed by atoms with Crippen molar-refractivity contribution in [2.24, 2.45) is 11.3 Å². The Labute approximate surface area is 226 Å². The Kier molecular flexibility index (Phi) is 8.17. The molecule has 1 fully saturated rings. The van der Waals surface area contributed by atoms with Crippen molar-refractivity contribution < 1.29 is 23.1 Å². The molecule has 0 saturated heterocycles. The highest BCUT2D eigenvalue weighted by Crippen LogP contribution is 2.61. The van der Waals surface area contributed by atoms with Crippen molar-refractivity contribution in [3.8, 4) is 5.75 Å². The zero-order valence-electron chi connectivity index (χ0n) is 22.8. The molecular formula is C30H41ClF2O3Si. The molecule has 3 atom stereocenters. The van der Waals surface area contributed by atoms with E-state index >= 15 is 4.39 Å². The van der Waals surface area contributed by atoms with Crippen LogP contribution < -0.4 is 4.74 Å². The van der Waals surface area contributed by atoms with Crippen LogP contribution in [0.1, 0.15) is 64.0 Å². The lowest BCUT2D eigenvalue weighted by Gasteiger charge is -2.58. The first-order valence-corrected chi connectivity index (χ1v) is 16.7. The van der Waals surface area contributed by atoms with E-state index in [4.69, 9.17) is 20.8 Å². The van der Waals surface area contributed by atoms with Crippen molar-refractivity contribution in [2.45, 2.75) is 82.8 Å². The van der Waals surface area contributed by atoms with Crippen LogP contribution in [-0.2, 0) is 16.3 Å². The number of benzene rings is 2. The van der Waals surface area contributed by atoms with Crippen molar-refractivity contribution in [3.05, 3.63) is 64.2 Å². The molecule has 1 aliphatic heterocycles. The summed E-state index contributed by atoms with van der Waals surface area (Å²) in [5.41, 5.74) is 0.422. The SMILES string of the molecule is CC(C)(C)[Si](C)(C)OCC[C@@]1(CCO)CCC[C@@]2(Cc3ccc(Cl)cc3)c3c(F)ccc(F)c3OC[C@@H]12. The highest BCUT2D eigenvalue weighted by molar-refractivity contribution is 6.74. The molecule has 4 rings (SSSR count). The van der Waals surface area contributed by atoms with Crippen LogP contribution in [0.2, 0.25) is 23.2 Å². The summed E-state index contributed by atoms with van der Waals surface area (Å²) in [5.74, 6) is -0.997. The van der Waals surface area contributed by atoms with E-state index in [1.54, 1.807) is 0 Å². The predicted octanol–water partition coefficient (Wildman–Crippen LogP) is 8.07. The maximum atomic E-state index is 15.7. The first kappa shape index (κ1) is 28.5. The van der Waals surface area contributed by atoms with Crippen molar-refractivity contribution >= 4 is 19.9 Å². The summed E-state index contributed by atoms with van der Waals surface area (Å²) in [6, 6.07) is 10.0. The standard InChI is InChI=1S/C30H41ClF2O3Si/c1-28(2,3)37(4,5)36-18-16-29(15-17-34)13-6-14-30(19-21-7-9-22(31)10-8-21)25(29)20-35-27-24(33)12-11-23(32)26(27)30/h7-12,25,34H,6,13-20H2,1-5H3/t25-,29-,30-/m0/s1. The van der Waals surface area contributed by atoms with E-state index in [2.05, 4.69) is 33.9 Å². The fraction of sp³-hybridized carbons (Fsp3) is 0.600. The third-order valence-corrected chi connectivity index (χ3v) is 14.4. The Morgan fingerprint density at radius 1 is 1.05 bits per heavy atom. The Hall–Kier alpha value is -1.47. The predicted molar refractivity (Wildman–Crippen MR) is 148 cm³/mol. The molecule has 2 aromatic carbocycles. The van der Waals surface area contributed by atoms with Crippen molar-refractivity contribution in [1.82, 2.24) is 0 Å². The second-order valence-electron chi connectivity index (χ2n) is 12.6. The van der Waals surface area contributed by atoms with Crippen molar-refractivity contribution in [3.63, 3.8) is 0 Å². The van der Waals surface area contributed by atoms with Gasteiger partial charge >= 0.3 is 0 Å². The summed E-state index contributed by atoms with van der Waals surface area (Å²) in [6.07, 6.45) is 4.38. The number of hydrogen-bond acceptors (Lipinski definition) is 3. The molecule has 1 aliphatic carbocycles. The van der Waals surface area contributed by atoms with E-state index < -0.39 is 25.4 Å². The quantitative estimate of drug-likeness (QED) is 0.338. The molecule has 2 aliphatic rings. The van der Waals surface area contributed by atoms with Gasteiger partial charge in [-0.05, 0) is 85.5 Å². The molecule has 1 N–H and O–H groups in total. The maximum Gasteiger partial charge on any atom is 0.191 e. The van der Waals surface area contributed by atoms with Gasteiger partial charge in [0.2, 0.25) is 0 Å². The number of hydrogen-bond donors (Lipinski definition) is 1. The van der Waals surface area contributed by atoms with Gasteiger partial charge in [-0.1, -0.05) is 50.9 Å². The molecule has 7 heteroatoms. The summed E-state index contributed by atoms with van der Waals surface area (Å²) >= 11 is 6.16. The third-order valence-electron chi connectivity index (χ3n) is 9.57. The van der Waals surface area contributed by atoms with Gasteiger partial charge in [0, 0.05) is 35.1 Å². The topological polar surface area (TPSA) is 38.7 Å². The first-order valence-electron chi connectivity index (χ1n) is 13.5. The Balaban J connectivity index is 1.78. The molecule has 37 heavy (non-hydrogen) atoms. The van der Waals surface area contributed by atoms with Crippen LogP contribution in [0.25, 0.3) is 0 Å². The van der Waals surface area contributed by atoms with Gasteiger partial charge in [-0.15, -0.1) is 0 Å². The number of fused-ring (bicyclic) bond motifs is 3. The van der Waals surface area contributed by atoms with Gasteiger partial charge in [0.15, 0.2) is 19.9 Å². The largest absolute Gasteiger partial charge is 0.490 e. The number of aliphatic hydroxyl groups excluding tert-OH is 1. The van der Waals surface area contributed by atoms with Crippen LogP contribution in [0.4, 0.5) is 8.78 Å². The van der Waals surface area contributed by atoms with E-state index in [-0.39, 0.29) is 28.7 Å². The smallest absolute Gasteiger partial charge is 0.191 e. The second-order valence-corrected chi connectivity index (χ2v) is 17.9. The van der Waals surface area contributed by atoms with Crippen LogP contribution in [0, 0.1) is 23.0 Å². The molecule has 204 valence electrons. The van der Waals surface area contributed by atoms with E-state index in [9.17, 15) is 9.50 Å². The number of aliphatic hydroxyl groups is 1. The molecule has 3 nitrogen and oxygen atoms in total. The summed E-state index contributed by atoms with van der Waals surface area (Å²) < 4.78 is 43.3. The molecule has 1 saturated carbocycles. The Bertz CT molecular complexity index is 1100. The lowest BCUT2D eigenvalue weighted by molar-refractivity contribution is -0.0582. The normalized spacial score (nSPS) is 25.8. The van der Waals surface area contributed by atoms with Gasteiger partial charge < -0.3 is 14.3 Å². The first-order chi connectivity index (χ1) is 17.4. The number of rotatable bonds is 8. The Morgan fingerprint density at radius 2 is 1.73 bits per heavy atom. The summed E-state index contributed by atoms with van der Waals surface area (Å²) in [6.45, 7) is 12.1. The minimum Gasteiger partial charge on any atom is -0.490 e. The maximum absolute atomic E-state index is 15.7. The zero-order chi connectivity index (χ0) is 27.1. The molecule has 0 aromatic heterocycles. The van der Waals surface area contributed by atoms with Crippen LogP contribution in [0.5, 0.6) is 5.75 Å². The fourth-order valence-corrected chi connectivity index (χ4v) is 7.74. The van der Waals surface area contributed by atoms with Crippen LogP contribution in [0.3, 0.4) is 0 Å². The number of halogens is 3. The van der Waals surface area contributed by atoms with Crippen molar-refractivity contribution in [1.29, 1.82) is 0 Å². The van der Waals surface area contributed by atoms with E-state index in [1.807, 2.05) is 24.3 Å². The zero-order valence-corrected chi connectivity index (χ0v) is 24.6. The average Bonchev–Trinajstić information content (AvgIpc) is 2.82. The third kappa shape index (κ3) is 5.36. The van der Waals surface area contributed by atoms with Crippen molar-refractivity contribution in [2.75, 3.05) is 19.8 Å². The van der Waals surface area contributed by atoms with Crippen LogP contribution in [0.15, 0.2) is 36.4 Å². The summed E-state index contributed by atoms with van der Waals surface area (Å²) in [4.78, 5) is 0. The monoisotopic (exact) mass is 550 g/mol. The molecule has 0 spiro atoms. The second kappa shape index (κ2) is 10.6. The molecule has 1 heterocycles. The van der Waals surface area contributed by atoms with E-state index in [0.717, 1.165) is 37.3 Å². The lowest BCUT2D eigenvalue weighted by atomic mass is 9.48. The molecular weight excluding hydrogens is 510 g/mol. The number of ether oxygens (including phenoxy) is 1. The lowest BCUT2D eigenvalue weighted by Crippen LogP contribution is -2.56. The van der Waals surface area contributed by atoms with E-state index in [1.165, 1.54) is 6.07 Å². The minimum atomic E-state index is -1.96. The van der Waals surface area contributed by atoms with Gasteiger partial charge in [0.25, 0.3) is 0 Å². The highest BCUT2D eigenvalue weighted by atomic mass is 35.5. The molecule has 0 radical (unpaired) electrons. The average molecular weight is 551 g/mol. The fourth-order valence-electron chi connectivity index (χ4n) is 6.57. The van der Waals surface area contributed by atoms with Gasteiger partial charge in [-0.25, -0.2) is 8.78 Å². The molecule has 0 bridgehead atoms. The van der Waals surface area contributed by atoms with Crippen LogP contribution >= 0.6 is 11.6 Å². The van der Waals surface area contributed by atoms with Gasteiger partial charge in [-0.3, -0.25) is 0 Å². The highest BCUT2D eigenvalue weighted by Gasteiger charge is 2.58. The molecule has 2 aromatic rings. The summed E-state index contributed by atoms with van der Waals surface area (Å²) in [7, 11) is -1.96. The molecule has 0 amide bonds. The summed E-state index contributed by atoms with van der Waals surface area (Å²) in [5, 5.41) is 11.0. The van der Waals surface area contributed by atoms with E-state index in [0.29, 0.717) is 36.6 Å². The van der Waals surface area contributed by atoms with Gasteiger partial charge in [-0.2, -0.15) is 0 Å². The molecule has 0 unspecified atom stereocenters. The minimum absolute atomic E-state index is 0.0338. The van der Waals surface area contributed by atoms with Gasteiger partial charge in [0.05, 0.1) is 6.61 Å².